The van der Waals surface area contributed by atoms with Gasteiger partial charge in [-0.1, -0.05) is 11.6 Å². The SMILES string of the molecule is Nc1ccc(Cl)cc1NCc1ncn[nH]1. The van der Waals surface area contributed by atoms with E-state index in [0.717, 1.165) is 11.5 Å². The van der Waals surface area contributed by atoms with Crippen molar-refractivity contribution in [1.29, 1.82) is 0 Å². The van der Waals surface area contributed by atoms with Crippen LogP contribution in [0.4, 0.5) is 11.4 Å². The first-order chi connectivity index (χ1) is 7.25. The molecule has 0 unspecified atom stereocenters. The van der Waals surface area contributed by atoms with Crippen molar-refractivity contribution < 1.29 is 0 Å². The normalized spacial score (nSPS) is 10.2. The van der Waals surface area contributed by atoms with E-state index in [2.05, 4.69) is 20.5 Å². The first-order valence-electron chi connectivity index (χ1n) is 4.39. The van der Waals surface area contributed by atoms with Crippen LogP contribution in [0, 0.1) is 0 Å². The van der Waals surface area contributed by atoms with E-state index in [-0.39, 0.29) is 0 Å². The summed E-state index contributed by atoms with van der Waals surface area (Å²) in [7, 11) is 0. The van der Waals surface area contributed by atoms with Gasteiger partial charge in [-0.25, -0.2) is 4.98 Å². The Kier molecular flexibility index (Phi) is 2.73. The molecule has 0 spiro atoms. The molecule has 0 radical (unpaired) electrons. The third-order valence-corrected chi connectivity index (χ3v) is 2.16. The molecule has 0 aliphatic heterocycles. The zero-order valence-electron chi connectivity index (χ0n) is 7.87. The number of hydrogen-bond donors (Lipinski definition) is 3. The van der Waals surface area contributed by atoms with Gasteiger partial charge in [0.15, 0.2) is 0 Å². The number of benzene rings is 1. The lowest BCUT2D eigenvalue weighted by molar-refractivity contribution is 0.955. The molecule has 1 heterocycles. The summed E-state index contributed by atoms with van der Waals surface area (Å²) in [5.74, 6) is 0.745. The van der Waals surface area contributed by atoms with Gasteiger partial charge in [-0.2, -0.15) is 5.10 Å². The van der Waals surface area contributed by atoms with Crippen LogP contribution < -0.4 is 11.1 Å². The number of rotatable bonds is 3. The van der Waals surface area contributed by atoms with Crippen LogP contribution in [-0.2, 0) is 6.54 Å². The van der Waals surface area contributed by atoms with Crippen LogP contribution in [0.2, 0.25) is 5.02 Å². The summed E-state index contributed by atoms with van der Waals surface area (Å²) < 4.78 is 0. The van der Waals surface area contributed by atoms with Gasteiger partial charge in [0, 0.05) is 5.02 Å². The molecule has 4 N–H and O–H groups in total. The van der Waals surface area contributed by atoms with Crippen molar-refractivity contribution in [2.75, 3.05) is 11.1 Å². The highest BCUT2D eigenvalue weighted by atomic mass is 35.5. The first kappa shape index (κ1) is 9.79. The summed E-state index contributed by atoms with van der Waals surface area (Å²) in [5, 5.41) is 10.2. The highest BCUT2D eigenvalue weighted by molar-refractivity contribution is 6.31. The van der Waals surface area contributed by atoms with Gasteiger partial charge in [0.25, 0.3) is 0 Å². The van der Waals surface area contributed by atoms with Crippen molar-refractivity contribution in [1.82, 2.24) is 15.2 Å². The number of hydrogen-bond acceptors (Lipinski definition) is 4. The predicted molar refractivity (Wildman–Crippen MR) is 59.6 cm³/mol. The second-order valence-corrected chi connectivity index (χ2v) is 3.45. The van der Waals surface area contributed by atoms with Crippen molar-refractivity contribution in [3.8, 4) is 0 Å². The molecule has 15 heavy (non-hydrogen) atoms. The summed E-state index contributed by atoms with van der Waals surface area (Å²) in [6, 6.07) is 5.27. The summed E-state index contributed by atoms with van der Waals surface area (Å²) in [5.41, 5.74) is 7.20. The monoisotopic (exact) mass is 223 g/mol. The van der Waals surface area contributed by atoms with Crippen molar-refractivity contribution in [3.05, 3.63) is 35.4 Å². The molecular weight excluding hydrogens is 214 g/mol. The maximum atomic E-state index is 5.85. The molecule has 5 nitrogen and oxygen atoms in total. The minimum atomic E-state index is 0.532. The van der Waals surface area contributed by atoms with Crippen LogP contribution in [0.5, 0.6) is 0 Å². The molecule has 0 fully saturated rings. The molecule has 2 aromatic rings. The Morgan fingerprint density at radius 1 is 1.47 bits per heavy atom. The van der Waals surface area contributed by atoms with Gasteiger partial charge in [0.05, 0.1) is 17.9 Å². The second-order valence-electron chi connectivity index (χ2n) is 3.02. The maximum Gasteiger partial charge on any atom is 0.143 e. The molecule has 78 valence electrons. The van der Waals surface area contributed by atoms with Crippen LogP contribution >= 0.6 is 11.6 Å². The van der Waals surface area contributed by atoms with Gasteiger partial charge in [-0.3, -0.25) is 5.10 Å². The number of anilines is 2. The zero-order chi connectivity index (χ0) is 10.7. The minimum absolute atomic E-state index is 0.532. The zero-order valence-corrected chi connectivity index (χ0v) is 8.62. The smallest absolute Gasteiger partial charge is 0.143 e. The van der Waals surface area contributed by atoms with Crippen LogP contribution in [0.3, 0.4) is 0 Å². The van der Waals surface area contributed by atoms with E-state index in [1.165, 1.54) is 6.33 Å². The third-order valence-electron chi connectivity index (χ3n) is 1.93. The Balaban J connectivity index is 2.07. The number of aromatic amines is 1. The highest BCUT2D eigenvalue weighted by Crippen LogP contribution is 2.22. The van der Waals surface area contributed by atoms with Crippen LogP contribution in [-0.4, -0.2) is 15.2 Å². The van der Waals surface area contributed by atoms with E-state index in [4.69, 9.17) is 17.3 Å². The van der Waals surface area contributed by atoms with Crippen LogP contribution in [0.15, 0.2) is 24.5 Å². The number of nitrogen functional groups attached to an aromatic ring is 1. The fourth-order valence-corrected chi connectivity index (χ4v) is 1.35. The standard InChI is InChI=1S/C9H10ClN5/c10-6-1-2-7(11)8(3-6)12-4-9-13-5-14-15-9/h1-3,5,12H,4,11H2,(H,13,14,15). The quantitative estimate of drug-likeness (QED) is 0.692. The molecule has 2 rings (SSSR count). The minimum Gasteiger partial charge on any atom is -0.397 e. The Morgan fingerprint density at radius 2 is 2.33 bits per heavy atom. The largest absolute Gasteiger partial charge is 0.397 e. The van der Waals surface area contributed by atoms with Gasteiger partial charge in [0.1, 0.15) is 12.2 Å². The molecule has 0 saturated carbocycles. The van der Waals surface area contributed by atoms with E-state index < -0.39 is 0 Å². The van der Waals surface area contributed by atoms with Crippen molar-refractivity contribution in [3.63, 3.8) is 0 Å². The topological polar surface area (TPSA) is 79.6 Å². The Labute approximate surface area is 91.7 Å². The first-order valence-corrected chi connectivity index (χ1v) is 4.76. The predicted octanol–water partition coefficient (Wildman–Crippen LogP) is 1.65. The number of nitrogens with zero attached hydrogens (tertiary/aromatic N) is 2. The van der Waals surface area contributed by atoms with E-state index in [1.807, 2.05) is 0 Å². The van der Waals surface area contributed by atoms with E-state index in [0.29, 0.717) is 17.3 Å². The number of nitrogens with two attached hydrogens (primary N) is 1. The van der Waals surface area contributed by atoms with Crippen LogP contribution in [0.1, 0.15) is 5.82 Å². The van der Waals surface area contributed by atoms with Crippen molar-refractivity contribution in [2.45, 2.75) is 6.54 Å². The fourth-order valence-electron chi connectivity index (χ4n) is 1.18. The summed E-state index contributed by atoms with van der Waals surface area (Å²) in [6.45, 7) is 0.532. The molecule has 1 aromatic carbocycles. The molecule has 0 aliphatic carbocycles. The molecule has 0 bridgehead atoms. The lowest BCUT2D eigenvalue weighted by atomic mass is 10.2. The Morgan fingerprint density at radius 3 is 3.07 bits per heavy atom. The second kappa shape index (κ2) is 4.18. The molecular formula is C9H10ClN5. The molecule has 6 heteroatoms. The van der Waals surface area contributed by atoms with E-state index >= 15 is 0 Å². The summed E-state index contributed by atoms with van der Waals surface area (Å²) in [6.07, 6.45) is 1.46. The Hall–Kier alpha value is -1.75. The van der Waals surface area contributed by atoms with Gasteiger partial charge >= 0.3 is 0 Å². The summed E-state index contributed by atoms with van der Waals surface area (Å²) >= 11 is 5.85. The van der Waals surface area contributed by atoms with E-state index in [9.17, 15) is 0 Å². The molecule has 0 amide bonds. The molecule has 1 aromatic heterocycles. The lowest BCUT2D eigenvalue weighted by Gasteiger charge is -2.07. The molecule has 0 saturated heterocycles. The third kappa shape index (κ3) is 2.38. The number of H-pyrrole nitrogens is 1. The average molecular weight is 224 g/mol. The summed E-state index contributed by atoms with van der Waals surface area (Å²) in [4.78, 5) is 3.98. The van der Waals surface area contributed by atoms with E-state index in [1.54, 1.807) is 18.2 Å². The van der Waals surface area contributed by atoms with Gasteiger partial charge in [-0.05, 0) is 18.2 Å². The number of nitrogens with one attached hydrogen (secondary N) is 2. The average Bonchev–Trinajstić information content (AvgIpc) is 2.72. The van der Waals surface area contributed by atoms with Gasteiger partial charge in [0.2, 0.25) is 0 Å². The highest BCUT2D eigenvalue weighted by Gasteiger charge is 2.00. The fraction of sp³-hybridized carbons (Fsp3) is 0.111. The molecule has 0 atom stereocenters. The number of aromatic nitrogens is 3. The van der Waals surface area contributed by atoms with Gasteiger partial charge < -0.3 is 11.1 Å². The maximum absolute atomic E-state index is 5.85. The van der Waals surface area contributed by atoms with Crippen molar-refractivity contribution in [2.24, 2.45) is 0 Å². The number of halogens is 1. The lowest BCUT2D eigenvalue weighted by Crippen LogP contribution is -2.03. The Bertz CT molecular complexity index is 440. The van der Waals surface area contributed by atoms with Crippen LogP contribution in [0.25, 0.3) is 0 Å². The molecule has 0 aliphatic rings. The van der Waals surface area contributed by atoms with Gasteiger partial charge in [-0.15, -0.1) is 0 Å². The van der Waals surface area contributed by atoms with Crippen molar-refractivity contribution >= 4 is 23.0 Å².